The van der Waals surface area contributed by atoms with Gasteiger partial charge in [0.15, 0.2) is 5.92 Å². The maximum absolute atomic E-state index is 12.7. The van der Waals surface area contributed by atoms with E-state index in [-0.39, 0.29) is 13.0 Å². The monoisotopic (exact) mass is 300 g/mol. The summed E-state index contributed by atoms with van der Waals surface area (Å²) >= 11 is 0. The molecule has 2 nitrogen and oxygen atoms in total. The fraction of sp³-hybridized carbons (Fsp3) is 0.438. The number of benzene rings is 1. The summed E-state index contributed by atoms with van der Waals surface area (Å²) in [5, 5.41) is 0. The first kappa shape index (κ1) is 17.3. The zero-order chi connectivity index (χ0) is 15.7. The minimum absolute atomic E-state index is 0.0524. The number of aryl methyl sites for hydroxylation is 1. The van der Waals surface area contributed by atoms with Crippen molar-refractivity contribution < 1.29 is 22.7 Å². The van der Waals surface area contributed by atoms with E-state index < -0.39 is 18.1 Å². The highest BCUT2D eigenvalue weighted by molar-refractivity contribution is 5.73. The van der Waals surface area contributed by atoms with Crippen LogP contribution in [0.3, 0.4) is 0 Å². The van der Waals surface area contributed by atoms with Crippen LogP contribution in [0.2, 0.25) is 0 Å². The summed E-state index contributed by atoms with van der Waals surface area (Å²) in [5.41, 5.74) is 1.12. The van der Waals surface area contributed by atoms with Gasteiger partial charge in [-0.3, -0.25) is 4.79 Å². The van der Waals surface area contributed by atoms with E-state index in [1.807, 2.05) is 30.3 Å². The second-order valence-electron chi connectivity index (χ2n) is 4.58. The van der Waals surface area contributed by atoms with Gasteiger partial charge in [-0.05, 0) is 31.7 Å². The molecule has 1 aromatic rings. The number of hydrogen-bond donors (Lipinski definition) is 0. The van der Waals surface area contributed by atoms with Crippen LogP contribution in [0.15, 0.2) is 42.5 Å². The first-order valence-corrected chi connectivity index (χ1v) is 6.87. The molecule has 1 unspecified atom stereocenters. The van der Waals surface area contributed by atoms with Gasteiger partial charge in [0, 0.05) is 0 Å². The third-order valence-electron chi connectivity index (χ3n) is 2.95. The van der Waals surface area contributed by atoms with Crippen LogP contribution in [0.5, 0.6) is 0 Å². The second kappa shape index (κ2) is 8.49. The summed E-state index contributed by atoms with van der Waals surface area (Å²) in [6, 6.07) is 9.67. The van der Waals surface area contributed by atoms with Crippen molar-refractivity contribution in [1.29, 1.82) is 0 Å². The Balaban J connectivity index is 2.45. The summed E-state index contributed by atoms with van der Waals surface area (Å²) < 4.78 is 42.7. The summed E-state index contributed by atoms with van der Waals surface area (Å²) in [6.45, 7) is 1.43. The summed E-state index contributed by atoms with van der Waals surface area (Å²) in [4.78, 5) is 11.3. The van der Waals surface area contributed by atoms with Crippen molar-refractivity contribution >= 4 is 5.97 Å². The Kier molecular flexibility index (Phi) is 6.99. The van der Waals surface area contributed by atoms with Gasteiger partial charge < -0.3 is 4.74 Å². The lowest BCUT2D eigenvalue weighted by Crippen LogP contribution is -2.31. The highest BCUT2D eigenvalue weighted by Crippen LogP contribution is 2.30. The molecular weight excluding hydrogens is 281 g/mol. The standard InChI is InChI=1S/C16H19F3O2/c1-2-21-15(20)14(16(17,18)19)12-8-4-7-11-13-9-5-3-6-10-13/h3-6,8-10,14H,2,7,11-12H2,1H3/b8-4+. The zero-order valence-corrected chi connectivity index (χ0v) is 11.9. The fourth-order valence-corrected chi connectivity index (χ4v) is 1.85. The molecule has 0 heterocycles. The van der Waals surface area contributed by atoms with Gasteiger partial charge in [0.1, 0.15) is 0 Å². The molecular formula is C16H19F3O2. The fourth-order valence-electron chi connectivity index (χ4n) is 1.85. The minimum atomic E-state index is -4.57. The molecule has 0 saturated heterocycles. The molecule has 0 saturated carbocycles. The number of allylic oxidation sites excluding steroid dienone is 2. The van der Waals surface area contributed by atoms with Gasteiger partial charge in [-0.1, -0.05) is 42.5 Å². The second-order valence-corrected chi connectivity index (χ2v) is 4.58. The van der Waals surface area contributed by atoms with E-state index in [1.54, 1.807) is 6.08 Å². The number of carbonyl (C=O) groups excluding carboxylic acids is 1. The number of esters is 1. The number of alkyl halides is 3. The van der Waals surface area contributed by atoms with E-state index in [0.29, 0.717) is 6.42 Å². The molecule has 0 spiro atoms. The summed E-state index contributed by atoms with van der Waals surface area (Å²) in [5.74, 6) is -3.29. The Morgan fingerprint density at radius 2 is 1.90 bits per heavy atom. The van der Waals surface area contributed by atoms with Crippen LogP contribution in [-0.2, 0) is 16.0 Å². The van der Waals surface area contributed by atoms with Crippen LogP contribution in [0.4, 0.5) is 13.2 Å². The number of ether oxygens (including phenoxy) is 1. The number of carbonyl (C=O) groups is 1. The molecule has 1 atom stereocenters. The normalized spacial score (nSPS) is 13.3. The van der Waals surface area contributed by atoms with Gasteiger partial charge in [-0.25, -0.2) is 0 Å². The predicted molar refractivity (Wildman–Crippen MR) is 74.7 cm³/mol. The molecule has 0 aliphatic rings. The van der Waals surface area contributed by atoms with E-state index in [2.05, 4.69) is 4.74 Å². The van der Waals surface area contributed by atoms with E-state index in [4.69, 9.17) is 0 Å². The predicted octanol–water partition coefficient (Wildman–Crippen LogP) is 4.31. The maximum Gasteiger partial charge on any atom is 0.402 e. The van der Waals surface area contributed by atoms with E-state index in [9.17, 15) is 18.0 Å². The molecule has 0 bridgehead atoms. The Hall–Kier alpha value is -1.78. The Labute approximate surface area is 122 Å². The molecule has 0 aliphatic carbocycles. The summed E-state index contributed by atoms with van der Waals surface area (Å²) in [7, 11) is 0. The number of halogens is 3. The highest BCUT2D eigenvalue weighted by Gasteiger charge is 2.44. The van der Waals surface area contributed by atoms with Crippen LogP contribution in [0.25, 0.3) is 0 Å². The molecule has 116 valence electrons. The van der Waals surface area contributed by atoms with Crippen LogP contribution in [-0.4, -0.2) is 18.8 Å². The van der Waals surface area contributed by atoms with Crippen molar-refractivity contribution in [2.75, 3.05) is 6.61 Å². The van der Waals surface area contributed by atoms with E-state index in [0.717, 1.165) is 12.0 Å². The van der Waals surface area contributed by atoms with Crippen LogP contribution >= 0.6 is 0 Å². The lowest BCUT2D eigenvalue weighted by Gasteiger charge is -2.16. The molecule has 1 rings (SSSR count). The van der Waals surface area contributed by atoms with Crippen LogP contribution in [0, 0.1) is 5.92 Å². The maximum atomic E-state index is 12.7. The number of hydrogen-bond acceptors (Lipinski definition) is 2. The lowest BCUT2D eigenvalue weighted by molar-refractivity contribution is -0.196. The lowest BCUT2D eigenvalue weighted by atomic mass is 10.0. The first-order valence-electron chi connectivity index (χ1n) is 6.87. The van der Waals surface area contributed by atoms with Crippen molar-refractivity contribution in [3.8, 4) is 0 Å². The number of rotatable bonds is 7. The van der Waals surface area contributed by atoms with Crippen LogP contribution < -0.4 is 0 Å². The van der Waals surface area contributed by atoms with Crippen molar-refractivity contribution in [2.24, 2.45) is 5.92 Å². The third kappa shape index (κ3) is 6.47. The molecule has 0 N–H and O–H groups in total. The molecule has 0 aromatic heterocycles. The van der Waals surface area contributed by atoms with Gasteiger partial charge in [0.25, 0.3) is 0 Å². The molecule has 1 aromatic carbocycles. The Morgan fingerprint density at radius 1 is 1.24 bits per heavy atom. The highest BCUT2D eigenvalue weighted by atomic mass is 19.4. The van der Waals surface area contributed by atoms with Gasteiger partial charge in [0.05, 0.1) is 6.61 Å². The van der Waals surface area contributed by atoms with Crippen LogP contribution in [0.1, 0.15) is 25.3 Å². The van der Waals surface area contributed by atoms with E-state index >= 15 is 0 Å². The smallest absolute Gasteiger partial charge is 0.402 e. The van der Waals surface area contributed by atoms with Crippen molar-refractivity contribution in [3.63, 3.8) is 0 Å². The zero-order valence-electron chi connectivity index (χ0n) is 11.9. The van der Waals surface area contributed by atoms with Crippen molar-refractivity contribution in [2.45, 2.75) is 32.4 Å². The quantitative estimate of drug-likeness (QED) is 0.554. The molecule has 0 amide bonds. The van der Waals surface area contributed by atoms with Gasteiger partial charge >= 0.3 is 12.1 Å². The third-order valence-corrected chi connectivity index (χ3v) is 2.95. The first-order chi connectivity index (χ1) is 9.95. The van der Waals surface area contributed by atoms with Gasteiger partial charge in [-0.15, -0.1) is 0 Å². The average Bonchev–Trinajstić information content (AvgIpc) is 2.42. The molecule has 0 fully saturated rings. The van der Waals surface area contributed by atoms with Gasteiger partial charge in [0.2, 0.25) is 0 Å². The average molecular weight is 300 g/mol. The molecule has 5 heteroatoms. The van der Waals surface area contributed by atoms with E-state index in [1.165, 1.54) is 13.0 Å². The van der Waals surface area contributed by atoms with Crippen molar-refractivity contribution in [3.05, 3.63) is 48.0 Å². The largest absolute Gasteiger partial charge is 0.466 e. The molecule has 0 radical (unpaired) electrons. The SMILES string of the molecule is CCOC(=O)C(C/C=C/CCc1ccccc1)C(F)(F)F. The Morgan fingerprint density at radius 3 is 2.48 bits per heavy atom. The summed E-state index contributed by atoms with van der Waals surface area (Å²) in [6.07, 6.45) is -0.485. The minimum Gasteiger partial charge on any atom is -0.466 e. The van der Waals surface area contributed by atoms with Gasteiger partial charge in [-0.2, -0.15) is 13.2 Å². The molecule has 21 heavy (non-hydrogen) atoms. The topological polar surface area (TPSA) is 26.3 Å². The Bertz CT molecular complexity index is 452. The van der Waals surface area contributed by atoms with Crippen molar-refractivity contribution in [1.82, 2.24) is 0 Å². The molecule has 0 aliphatic heterocycles.